The zero-order valence-corrected chi connectivity index (χ0v) is 16.0. The molecule has 9 nitrogen and oxygen atoms in total. The molecule has 4 rings (SSSR count). The molecule has 0 spiro atoms. The van der Waals surface area contributed by atoms with Crippen LogP contribution in [0, 0.1) is 0 Å². The number of ether oxygens (including phenoxy) is 2. The molecule has 0 bridgehead atoms. The highest BCUT2D eigenvalue weighted by Gasteiger charge is 2.33. The molecule has 0 radical (unpaired) electrons. The molecule has 2 aromatic rings. The Balaban J connectivity index is 1.70. The average molecular weight is 395 g/mol. The number of aliphatic hydroxyl groups is 1. The van der Waals surface area contributed by atoms with Crippen molar-refractivity contribution in [1.82, 2.24) is 15.2 Å². The number of fused-ring (bicyclic) bond motifs is 3. The van der Waals surface area contributed by atoms with E-state index in [9.17, 15) is 4.79 Å². The average Bonchev–Trinajstić information content (AvgIpc) is 3.25. The molecule has 0 saturated heterocycles. The number of guanidine groups is 1. The number of aliphatic hydroxyl groups excluding tert-OH is 1. The fourth-order valence-corrected chi connectivity index (χ4v) is 3.22. The molecule has 3 heterocycles. The predicted molar refractivity (Wildman–Crippen MR) is 107 cm³/mol. The van der Waals surface area contributed by atoms with E-state index in [1.807, 2.05) is 17.0 Å². The Morgan fingerprint density at radius 1 is 1.34 bits per heavy atom. The number of amidine groups is 1. The van der Waals surface area contributed by atoms with Crippen molar-refractivity contribution in [3.63, 3.8) is 0 Å². The SMILES string of the molecule is COc1c(OCCCO)ccc2c1N=C(NC(=O)c1cccnc1)N1CCN=C21. The van der Waals surface area contributed by atoms with E-state index < -0.39 is 0 Å². The maximum atomic E-state index is 12.6. The maximum absolute atomic E-state index is 12.6. The molecule has 2 N–H and O–H groups in total. The highest BCUT2D eigenvalue weighted by atomic mass is 16.5. The van der Waals surface area contributed by atoms with Crippen LogP contribution < -0.4 is 14.8 Å². The van der Waals surface area contributed by atoms with Crippen LogP contribution in [0.3, 0.4) is 0 Å². The summed E-state index contributed by atoms with van der Waals surface area (Å²) in [6.07, 6.45) is 3.62. The van der Waals surface area contributed by atoms with Crippen molar-refractivity contribution in [2.45, 2.75) is 6.42 Å². The summed E-state index contributed by atoms with van der Waals surface area (Å²) >= 11 is 0. The number of methoxy groups -OCH3 is 1. The lowest BCUT2D eigenvalue weighted by molar-refractivity contribution is 0.0973. The molecule has 1 amide bonds. The highest BCUT2D eigenvalue weighted by Crippen LogP contribution is 2.43. The lowest BCUT2D eigenvalue weighted by atomic mass is 10.1. The van der Waals surface area contributed by atoms with Gasteiger partial charge in [-0.2, -0.15) is 0 Å². The third-order valence-corrected chi connectivity index (χ3v) is 4.56. The number of aromatic nitrogens is 1. The number of hydrogen-bond donors (Lipinski definition) is 2. The van der Waals surface area contributed by atoms with Gasteiger partial charge in [0.2, 0.25) is 5.96 Å². The number of pyridine rings is 1. The molecule has 29 heavy (non-hydrogen) atoms. The van der Waals surface area contributed by atoms with E-state index in [1.165, 1.54) is 6.20 Å². The summed E-state index contributed by atoms with van der Waals surface area (Å²) in [5.41, 5.74) is 1.80. The zero-order valence-electron chi connectivity index (χ0n) is 16.0. The largest absolute Gasteiger partial charge is 0.491 e. The van der Waals surface area contributed by atoms with Gasteiger partial charge in [-0.25, -0.2) is 4.99 Å². The van der Waals surface area contributed by atoms with Gasteiger partial charge in [0.25, 0.3) is 5.91 Å². The summed E-state index contributed by atoms with van der Waals surface area (Å²) < 4.78 is 11.3. The fourth-order valence-electron chi connectivity index (χ4n) is 3.22. The first-order chi connectivity index (χ1) is 14.2. The van der Waals surface area contributed by atoms with Gasteiger partial charge in [0.1, 0.15) is 11.5 Å². The first-order valence-corrected chi connectivity index (χ1v) is 9.30. The van der Waals surface area contributed by atoms with Crippen molar-refractivity contribution < 1.29 is 19.4 Å². The lowest BCUT2D eigenvalue weighted by Gasteiger charge is -2.28. The summed E-state index contributed by atoms with van der Waals surface area (Å²) in [4.78, 5) is 27.7. The molecule has 0 fully saturated rings. The van der Waals surface area contributed by atoms with Crippen LogP contribution in [0.15, 0.2) is 46.6 Å². The van der Waals surface area contributed by atoms with Crippen LogP contribution in [-0.2, 0) is 0 Å². The van der Waals surface area contributed by atoms with Gasteiger partial charge in [-0.1, -0.05) is 0 Å². The molecular weight excluding hydrogens is 374 g/mol. The summed E-state index contributed by atoms with van der Waals surface area (Å²) in [5, 5.41) is 11.8. The molecule has 1 aromatic carbocycles. The Hall–Kier alpha value is -3.46. The number of amides is 1. The Morgan fingerprint density at radius 3 is 3.00 bits per heavy atom. The summed E-state index contributed by atoms with van der Waals surface area (Å²) in [6, 6.07) is 7.08. The Labute approximate surface area is 167 Å². The van der Waals surface area contributed by atoms with Crippen molar-refractivity contribution in [3.8, 4) is 11.5 Å². The molecule has 9 heteroatoms. The predicted octanol–water partition coefficient (Wildman–Crippen LogP) is 1.34. The zero-order chi connectivity index (χ0) is 20.2. The maximum Gasteiger partial charge on any atom is 0.259 e. The van der Waals surface area contributed by atoms with Crippen molar-refractivity contribution in [2.75, 3.05) is 33.4 Å². The lowest BCUT2D eigenvalue weighted by Crippen LogP contribution is -2.47. The third-order valence-electron chi connectivity index (χ3n) is 4.56. The van der Waals surface area contributed by atoms with Crippen molar-refractivity contribution >= 4 is 23.4 Å². The quantitative estimate of drug-likeness (QED) is 0.715. The smallest absolute Gasteiger partial charge is 0.259 e. The second-order valence-corrected chi connectivity index (χ2v) is 6.41. The van der Waals surface area contributed by atoms with Gasteiger partial charge < -0.3 is 14.6 Å². The molecule has 2 aliphatic rings. The topological polar surface area (TPSA) is 109 Å². The fraction of sp³-hybridized carbons (Fsp3) is 0.300. The summed E-state index contributed by atoms with van der Waals surface area (Å²) in [6.45, 7) is 1.63. The second kappa shape index (κ2) is 8.27. The van der Waals surface area contributed by atoms with Gasteiger partial charge in [0, 0.05) is 37.5 Å². The number of carbonyl (C=O) groups excluding carboxylic acids is 1. The Bertz CT molecular complexity index is 974. The van der Waals surface area contributed by atoms with Gasteiger partial charge in [-0.05, 0) is 24.3 Å². The number of rotatable bonds is 6. The van der Waals surface area contributed by atoms with Crippen LogP contribution in [0.5, 0.6) is 11.5 Å². The van der Waals surface area contributed by atoms with Crippen LogP contribution in [0.2, 0.25) is 0 Å². The van der Waals surface area contributed by atoms with Crippen LogP contribution in [0.25, 0.3) is 0 Å². The van der Waals surface area contributed by atoms with Gasteiger partial charge in [0.05, 0.1) is 25.8 Å². The van der Waals surface area contributed by atoms with E-state index in [0.717, 1.165) is 11.4 Å². The van der Waals surface area contributed by atoms with Gasteiger partial charge in [-0.15, -0.1) is 0 Å². The summed E-state index contributed by atoms with van der Waals surface area (Å²) in [5.74, 6) is 1.79. The van der Waals surface area contributed by atoms with Gasteiger partial charge in [0.15, 0.2) is 11.5 Å². The Morgan fingerprint density at radius 2 is 2.24 bits per heavy atom. The molecule has 150 valence electrons. The van der Waals surface area contributed by atoms with Crippen molar-refractivity contribution in [2.24, 2.45) is 9.98 Å². The minimum atomic E-state index is -0.305. The minimum absolute atomic E-state index is 0.0434. The van der Waals surface area contributed by atoms with Gasteiger partial charge in [-0.3, -0.25) is 25.0 Å². The summed E-state index contributed by atoms with van der Waals surface area (Å²) in [7, 11) is 1.54. The standard InChI is InChI=1S/C20H21N5O4/c1-28-17-15(29-11-3-10-26)6-5-14-16(17)23-20(25-9-8-22-18(14)25)24-19(27)13-4-2-7-21-12-13/h2,4-7,12,26H,3,8-11H2,1H3,(H,23,24,27). The molecule has 0 aliphatic carbocycles. The number of nitrogens with one attached hydrogen (secondary N) is 1. The number of aliphatic imine (C=N–C) groups is 2. The number of nitrogens with zero attached hydrogens (tertiary/aromatic N) is 4. The highest BCUT2D eigenvalue weighted by molar-refractivity contribution is 6.20. The normalized spacial score (nSPS) is 14.5. The minimum Gasteiger partial charge on any atom is -0.491 e. The monoisotopic (exact) mass is 395 g/mol. The first kappa shape index (κ1) is 18.9. The number of hydrogen-bond acceptors (Lipinski definition) is 8. The van der Waals surface area contributed by atoms with Crippen LogP contribution >= 0.6 is 0 Å². The van der Waals surface area contributed by atoms with Crippen LogP contribution in [0.4, 0.5) is 5.69 Å². The van der Waals surface area contributed by atoms with E-state index in [4.69, 9.17) is 14.6 Å². The van der Waals surface area contributed by atoms with Crippen molar-refractivity contribution in [1.29, 1.82) is 0 Å². The van der Waals surface area contributed by atoms with E-state index in [0.29, 0.717) is 54.8 Å². The van der Waals surface area contributed by atoms with Crippen LogP contribution in [-0.4, -0.2) is 66.1 Å². The van der Waals surface area contributed by atoms with E-state index in [-0.39, 0.29) is 12.5 Å². The number of carbonyl (C=O) groups is 1. The molecule has 1 aromatic heterocycles. The third kappa shape index (κ3) is 3.64. The van der Waals surface area contributed by atoms with E-state index in [2.05, 4.69) is 20.3 Å². The number of benzene rings is 1. The molecule has 0 saturated carbocycles. The van der Waals surface area contributed by atoms with E-state index >= 15 is 0 Å². The van der Waals surface area contributed by atoms with Gasteiger partial charge >= 0.3 is 0 Å². The first-order valence-electron chi connectivity index (χ1n) is 9.30. The molecule has 0 atom stereocenters. The molecule has 0 unspecified atom stereocenters. The molecule has 2 aliphatic heterocycles. The second-order valence-electron chi connectivity index (χ2n) is 6.41. The Kier molecular flexibility index (Phi) is 5.39. The van der Waals surface area contributed by atoms with E-state index in [1.54, 1.807) is 25.4 Å². The molecular formula is C20H21N5O4. The van der Waals surface area contributed by atoms with Crippen LogP contribution in [0.1, 0.15) is 22.3 Å². The van der Waals surface area contributed by atoms with Crippen molar-refractivity contribution in [3.05, 3.63) is 47.8 Å².